The second-order valence-corrected chi connectivity index (χ2v) is 9.41. The van der Waals surface area contributed by atoms with Gasteiger partial charge in [0.1, 0.15) is 6.73 Å². The molecule has 0 radical (unpaired) electrons. The van der Waals surface area contributed by atoms with Gasteiger partial charge < -0.3 is 15.0 Å². The van der Waals surface area contributed by atoms with Crippen molar-refractivity contribution >= 4 is 10.0 Å². The number of hydrogen-bond donors (Lipinski definition) is 2. The lowest BCUT2D eigenvalue weighted by atomic mass is 9.88. The van der Waals surface area contributed by atoms with E-state index in [0.717, 1.165) is 5.57 Å². The fraction of sp³-hybridized carbons (Fsp3) is 0.667. The van der Waals surface area contributed by atoms with Gasteiger partial charge in [0.25, 0.3) is 0 Å². The smallest absolute Gasteiger partial charge is 0.216 e. The number of nitrogens with two attached hydrogens (primary N) is 1. The maximum absolute atomic E-state index is 12.2. The van der Waals surface area contributed by atoms with Crippen molar-refractivity contribution in [2.75, 3.05) is 19.8 Å². The molecule has 2 atom stereocenters. The van der Waals surface area contributed by atoms with Crippen molar-refractivity contribution in [3.8, 4) is 6.07 Å². The molecule has 0 aromatic rings. The lowest BCUT2D eigenvalue weighted by Gasteiger charge is -2.52. The van der Waals surface area contributed by atoms with Gasteiger partial charge in [-0.2, -0.15) is 9.57 Å². The predicted octanol–water partition coefficient (Wildman–Crippen LogP) is -0.470. The number of rotatable bonds is 6. The van der Waals surface area contributed by atoms with Gasteiger partial charge in [-0.05, 0) is 25.6 Å². The van der Waals surface area contributed by atoms with Crippen LogP contribution in [0.4, 0.5) is 0 Å². The summed E-state index contributed by atoms with van der Waals surface area (Å²) in [7, 11) is -3.34. The van der Waals surface area contributed by atoms with E-state index in [4.69, 9.17) is 11.1 Å². The Labute approximate surface area is 142 Å². The molecule has 0 aromatic heterocycles. The lowest BCUT2D eigenvalue weighted by Crippen LogP contribution is -2.72. The van der Waals surface area contributed by atoms with Gasteiger partial charge in [0, 0.05) is 25.2 Å². The Hall–Kier alpha value is -1.60. The Morgan fingerprint density at radius 2 is 2.25 bits per heavy atom. The summed E-state index contributed by atoms with van der Waals surface area (Å²) < 4.78 is 25.8. The summed E-state index contributed by atoms with van der Waals surface area (Å²) in [6.07, 6.45) is 5.83. The van der Waals surface area contributed by atoms with Crippen LogP contribution in [0.25, 0.3) is 0 Å². The molecule has 1 aliphatic carbocycles. The van der Waals surface area contributed by atoms with Gasteiger partial charge in [0.05, 0.1) is 29.3 Å². The summed E-state index contributed by atoms with van der Waals surface area (Å²) >= 11 is 0. The highest BCUT2D eigenvalue weighted by atomic mass is 32.2. The Kier molecular flexibility index (Phi) is 4.12. The van der Waals surface area contributed by atoms with Crippen LogP contribution in [0.2, 0.25) is 0 Å². The molecule has 1 saturated heterocycles. The van der Waals surface area contributed by atoms with E-state index in [1.54, 1.807) is 20.0 Å². The molecule has 9 heteroatoms. The minimum absolute atomic E-state index is 0.0523. The molecule has 132 valence electrons. The molecule has 2 heterocycles. The summed E-state index contributed by atoms with van der Waals surface area (Å²) in [6.45, 7) is 3.67. The zero-order chi connectivity index (χ0) is 17.7. The molecule has 24 heavy (non-hydrogen) atoms. The van der Waals surface area contributed by atoms with Crippen LogP contribution in [0.3, 0.4) is 0 Å². The van der Waals surface area contributed by atoms with Crippen LogP contribution in [0.15, 0.2) is 24.0 Å². The highest BCUT2D eigenvalue weighted by Gasteiger charge is 2.54. The van der Waals surface area contributed by atoms with E-state index < -0.39 is 20.8 Å². The third kappa shape index (κ3) is 2.50. The van der Waals surface area contributed by atoms with Crippen molar-refractivity contribution in [1.82, 2.24) is 14.2 Å². The third-order valence-corrected chi connectivity index (χ3v) is 7.27. The molecule has 1 saturated carbocycles. The van der Waals surface area contributed by atoms with E-state index in [9.17, 15) is 13.5 Å². The van der Waals surface area contributed by atoms with Gasteiger partial charge in [-0.15, -0.1) is 0 Å². The first kappa shape index (κ1) is 17.2. The van der Waals surface area contributed by atoms with Crippen molar-refractivity contribution in [1.29, 1.82) is 5.26 Å². The number of hydrogen-bond acceptors (Lipinski definition) is 7. The molecule has 0 bridgehead atoms. The maximum Gasteiger partial charge on any atom is 0.216 e. The van der Waals surface area contributed by atoms with Gasteiger partial charge in [-0.1, -0.05) is 6.08 Å². The molecule has 3 aliphatic rings. The van der Waals surface area contributed by atoms with E-state index in [1.165, 1.54) is 9.31 Å². The molecule has 3 rings (SSSR count). The average Bonchev–Trinajstić information content (AvgIpc) is 2.97. The van der Waals surface area contributed by atoms with E-state index in [-0.39, 0.29) is 38.2 Å². The van der Waals surface area contributed by atoms with Crippen LogP contribution < -0.4 is 5.84 Å². The first-order valence-electron chi connectivity index (χ1n) is 7.93. The summed E-state index contributed by atoms with van der Waals surface area (Å²) in [5, 5.41) is 19.4. The van der Waals surface area contributed by atoms with Gasteiger partial charge in [0.2, 0.25) is 10.0 Å². The van der Waals surface area contributed by atoms with Gasteiger partial charge in [-0.3, -0.25) is 0 Å². The summed E-state index contributed by atoms with van der Waals surface area (Å²) in [5.74, 6) is 6.44. The number of aliphatic hydroxyl groups is 1. The fourth-order valence-electron chi connectivity index (χ4n) is 3.40. The number of sulfonamides is 1. The van der Waals surface area contributed by atoms with Crippen molar-refractivity contribution in [3.05, 3.63) is 24.0 Å². The second kappa shape index (κ2) is 5.74. The van der Waals surface area contributed by atoms with Crippen LogP contribution in [0, 0.1) is 17.2 Å². The Morgan fingerprint density at radius 3 is 2.79 bits per heavy atom. The monoisotopic (exact) mass is 353 g/mol. The van der Waals surface area contributed by atoms with Crippen molar-refractivity contribution in [2.24, 2.45) is 11.8 Å². The fourth-order valence-corrected chi connectivity index (χ4v) is 4.83. The molecular weight excluding hydrogens is 330 g/mol. The highest BCUT2D eigenvalue weighted by molar-refractivity contribution is 7.89. The molecule has 8 nitrogen and oxygen atoms in total. The minimum atomic E-state index is -3.34. The highest BCUT2D eigenvalue weighted by Crippen LogP contribution is 2.48. The number of nitriles is 1. The van der Waals surface area contributed by atoms with Crippen molar-refractivity contribution in [3.63, 3.8) is 0 Å². The van der Waals surface area contributed by atoms with Crippen molar-refractivity contribution in [2.45, 2.75) is 37.1 Å². The summed E-state index contributed by atoms with van der Waals surface area (Å²) in [4.78, 5) is 1.82. The first-order valence-corrected chi connectivity index (χ1v) is 9.43. The van der Waals surface area contributed by atoms with E-state index in [1.807, 2.05) is 17.2 Å². The van der Waals surface area contributed by atoms with Crippen LogP contribution in [0.5, 0.6) is 0 Å². The SMILES string of the molecule is CC(C)S(=O)(=O)N1CC(CC#N)(N(N)/C=C2/C3C=CN(CO)C23)C1. The number of hydrazine groups is 1. The molecule has 2 aliphatic heterocycles. The minimum Gasteiger partial charge on any atom is -0.376 e. The van der Waals surface area contributed by atoms with Gasteiger partial charge in [0.15, 0.2) is 0 Å². The Morgan fingerprint density at radius 1 is 1.58 bits per heavy atom. The molecule has 0 amide bonds. The Balaban J connectivity index is 1.73. The molecule has 2 unspecified atom stereocenters. The topological polar surface area (TPSA) is 114 Å². The maximum atomic E-state index is 12.2. The number of aliphatic hydroxyl groups excluding tert-OH is 1. The number of nitrogens with zero attached hydrogens (tertiary/aromatic N) is 4. The lowest BCUT2D eigenvalue weighted by molar-refractivity contribution is 0.0218. The van der Waals surface area contributed by atoms with E-state index >= 15 is 0 Å². The molecule has 0 aromatic carbocycles. The number of fused-ring (bicyclic) bond motifs is 1. The second-order valence-electron chi connectivity index (χ2n) is 6.93. The zero-order valence-corrected chi connectivity index (χ0v) is 14.6. The van der Waals surface area contributed by atoms with Gasteiger partial charge >= 0.3 is 0 Å². The zero-order valence-electron chi connectivity index (χ0n) is 13.8. The van der Waals surface area contributed by atoms with E-state index in [0.29, 0.717) is 0 Å². The quantitative estimate of drug-likeness (QED) is 0.490. The van der Waals surface area contributed by atoms with Crippen LogP contribution in [0.1, 0.15) is 20.3 Å². The normalized spacial score (nSPS) is 29.5. The van der Waals surface area contributed by atoms with Crippen LogP contribution >= 0.6 is 0 Å². The largest absolute Gasteiger partial charge is 0.376 e. The molecule has 3 N–H and O–H groups in total. The molecule has 0 spiro atoms. The average molecular weight is 353 g/mol. The summed E-state index contributed by atoms with van der Waals surface area (Å²) in [6, 6.07) is 2.25. The predicted molar refractivity (Wildman–Crippen MR) is 88.0 cm³/mol. The Bertz CT molecular complexity index is 718. The van der Waals surface area contributed by atoms with E-state index in [2.05, 4.69) is 6.07 Å². The first-order chi connectivity index (χ1) is 11.3. The molecular formula is C15H23N5O3S. The van der Waals surface area contributed by atoms with Crippen LogP contribution in [-0.4, -0.2) is 64.4 Å². The van der Waals surface area contributed by atoms with Crippen molar-refractivity contribution < 1.29 is 13.5 Å². The summed E-state index contributed by atoms with van der Waals surface area (Å²) in [5.41, 5.74) is 0.394. The standard InChI is InChI=1S/C15H23N5O3S/c1-11(2)24(22,23)19-8-15(9-19,4-5-16)20(17)7-13-12-3-6-18(10-21)14(12)13/h3,6-7,11-12,14,21H,4,8-10,17H2,1-2H3/b13-7-. The third-order valence-electron chi connectivity index (χ3n) is 5.10. The van der Waals surface area contributed by atoms with Gasteiger partial charge in [-0.25, -0.2) is 14.3 Å². The molecule has 2 fully saturated rings. The van der Waals surface area contributed by atoms with Crippen LogP contribution in [-0.2, 0) is 10.0 Å².